The number of fused-ring (bicyclic) bond motifs is 1. The molecule has 0 fully saturated rings. The Morgan fingerprint density at radius 3 is 1.78 bits per heavy atom. The third-order valence-corrected chi connectivity index (χ3v) is 6.19. The molecule has 1 aliphatic rings. The molecular weight excluding hydrogens is 296 g/mol. The van der Waals surface area contributed by atoms with Gasteiger partial charge in [-0.15, -0.1) is 11.8 Å². The third-order valence-electron chi connectivity index (χ3n) is 4.69. The van der Waals surface area contributed by atoms with Crippen LogP contribution in [0.25, 0.3) is 0 Å². The molecule has 0 N–H and O–H groups in total. The van der Waals surface area contributed by atoms with E-state index in [0.29, 0.717) is 16.4 Å². The molecule has 3 aromatic carbocycles. The second-order valence-corrected chi connectivity index (χ2v) is 7.64. The van der Waals surface area contributed by atoms with E-state index < -0.39 is 0 Å². The van der Waals surface area contributed by atoms with E-state index in [4.69, 9.17) is 0 Å². The van der Waals surface area contributed by atoms with Crippen molar-refractivity contribution in [3.63, 3.8) is 0 Å². The molecule has 1 aliphatic heterocycles. The number of benzene rings is 3. The Bertz CT molecular complexity index is 779. The van der Waals surface area contributed by atoms with Gasteiger partial charge in [0.1, 0.15) is 0 Å². The van der Waals surface area contributed by atoms with Crippen LogP contribution in [-0.2, 0) is 0 Å². The molecule has 1 heterocycles. The van der Waals surface area contributed by atoms with Gasteiger partial charge in [-0.1, -0.05) is 91.9 Å². The smallest absolute Gasteiger partial charge is 0.0552 e. The number of hydrogen-bond acceptors (Lipinski definition) is 1. The maximum absolute atomic E-state index is 2.37. The van der Waals surface area contributed by atoms with Crippen LogP contribution in [-0.4, -0.2) is 5.25 Å². The van der Waals surface area contributed by atoms with E-state index in [9.17, 15) is 0 Å². The first kappa shape index (κ1) is 14.6. The molecule has 0 bridgehead atoms. The summed E-state index contributed by atoms with van der Waals surface area (Å²) in [5.74, 6) is 0.470. The molecule has 4 rings (SSSR count). The second kappa shape index (κ2) is 6.25. The maximum atomic E-state index is 2.37. The van der Waals surface area contributed by atoms with Crippen LogP contribution in [0.4, 0.5) is 0 Å². The molecule has 1 heteroatoms. The van der Waals surface area contributed by atoms with Crippen LogP contribution in [0.3, 0.4) is 0 Å². The van der Waals surface area contributed by atoms with E-state index in [2.05, 4.69) is 104 Å². The highest BCUT2D eigenvalue weighted by atomic mass is 32.2. The van der Waals surface area contributed by atoms with Gasteiger partial charge in [-0.05, 0) is 22.3 Å². The summed E-state index contributed by atoms with van der Waals surface area (Å²) in [7, 11) is 0. The SMILES string of the molecule is C[C@H]1SC(c2ccccc2)c2ccccc2[C@@H]1c1ccccc1. The van der Waals surface area contributed by atoms with Crippen molar-refractivity contribution in [2.45, 2.75) is 23.3 Å². The van der Waals surface area contributed by atoms with Crippen LogP contribution >= 0.6 is 11.8 Å². The lowest BCUT2D eigenvalue weighted by Gasteiger charge is -2.36. The van der Waals surface area contributed by atoms with Crippen LogP contribution in [0.1, 0.15) is 40.3 Å². The van der Waals surface area contributed by atoms with E-state index in [0.717, 1.165) is 0 Å². The predicted octanol–water partition coefficient (Wildman–Crippen LogP) is 6.04. The minimum atomic E-state index is 0.433. The quantitative estimate of drug-likeness (QED) is 0.555. The van der Waals surface area contributed by atoms with Crippen LogP contribution in [0.5, 0.6) is 0 Å². The molecule has 0 aromatic heterocycles. The number of thioether (sulfide) groups is 1. The van der Waals surface area contributed by atoms with Crippen molar-refractivity contribution in [1.82, 2.24) is 0 Å². The number of rotatable bonds is 2. The minimum absolute atomic E-state index is 0.433. The Balaban J connectivity index is 1.84. The fraction of sp³-hybridized carbons (Fsp3) is 0.182. The highest BCUT2D eigenvalue weighted by Crippen LogP contribution is 2.51. The van der Waals surface area contributed by atoms with Crippen LogP contribution in [0.15, 0.2) is 84.9 Å². The summed E-state index contributed by atoms with van der Waals surface area (Å²) in [5, 5.41) is 0.986. The topological polar surface area (TPSA) is 0 Å². The zero-order valence-corrected chi connectivity index (χ0v) is 14.0. The van der Waals surface area contributed by atoms with Crippen LogP contribution in [0.2, 0.25) is 0 Å². The van der Waals surface area contributed by atoms with Gasteiger partial charge in [0.15, 0.2) is 0 Å². The largest absolute Gasteiger partial charge is 0.145 e. The Hall–Kier alpha value is -1.99. The number of hydrogen-bond donors (Lipinski definition) is 0. The van der Waals surface area contributed by atoms with E-state index in [-0.39, 0.29) is 0 Å². The average Bonchev–Trinajstić information content (AvgIpc) is 2.62. The summed E-state index contributed by atoms with van der Waals surface area (Å²) in [5.41, 5.74) is 5.78. The molecule has 0 saturated heterocycles. The molecule has 3 aromatic rings. The molecule has 0 nitrogen and oxygen atoms in total. The van der Waals surface area contributed by atoms with Crippen molar-refractivity contribution in [3.8, 4) is 0 Å². The highest BCUT2D eigenvalue weighted by Gasteiger charge is 2.34. The molecule has 1 unspecified atom stereocenters. The first-order valence-electron chi connectivity index (χ1n) is 8.19. The van der Waals surface area contributed by atoms with Gasteiger partial charge in [-0.25, -0.2) is 0 Å². The van der Waals surface area contributed by atoms with E-state index in [1.165, 1.54) is 22.3 Å². The predicted molar refractivity (Wildman–Crippen MR) is 100 cm³/mol. The minimum Gasteiger partial charge on any atom is -0.145 e. The Labute approximate surface area is 142 Å². The highest BCUT2D eigenvalue weighted by molar-refractivity contribution is 8.00. The molecule has 0 aliphatic carbocycles. The first-order valence-corrected chi connectivity index (χ1v) is 9.13. The van der Waals surface area contributed by atoms with Crippen molar-refractivity contribution in [2.75, 3.05) is 0 Å². The van der Waals surface area contributed by atoms with Gasteiger partial charge >= 0.3 is 0 Å². The maximum Gasteiger partial charge on any atom is 0.0552 e. The lowest BCUT2D eigenvalue weighted by molar-refractivity contribution is 0.762. The summed E-state index contributed by atoms with van der Waals surface area (Å²) >= 11 is 2.09. The molecule has 23 heavy (non-hydrogen) atoms. The monoisotopic (exact) mass is 316 g/mol. The zero-order chi connectivity index (χ0) is 15.6. The summed E-state index contributed by atoms with van der Waals surface area (Å²) in [4.78, 5) is 0. The van der Waals surface area contributed by atoms with E-state index in [1.54, 1.807) is 0 Å². The second-order valence-electron chi connectivity index (χ2n) is 6.15. The van der Waals surface area contributed by atoms with Crippen molar-refractivity contribution < 1.29 is 0 Å². The normalized spacial score (nSPS) is 23.3. The third kappa shape index (κ3) is 2.70. The Morgan fingerprint density at radius 2 is 1.13 bits per heavy atom. The van der Waals surface area contributed by atoms with Gasteiger partial charge in [0.25, 0.3) is 0 Å². The Morgan fingerprint density at radius 1 is 0.609 bits per heavy atom. The van der Waals surface area contributed by atoms with Crippen molar-refractivity contribution in [2.24, 2.45) is 0 Å². The standard InChI is InChI=1S/C22H20S/c1-16-21(17-10-4-2-5-11-17)19-14-8-9-15-20(19)22(23-16)18-12-6-3-7-13-18/h2-16,21-22H,1H3/t16-,21+,22?/m1/s1. The molecule has 0 saturated carbocycles. The summed E-state index contributed by atoms with van der Waals surface area (Å²) in [6, 6.07) is 30.8. The van der Waals surface area contributed by atoms with Crippen molar-refractivity contribution in [3.05, 3.63) is 107 Å². The van der Waals surface area contributed by atoms with Crippen molar-refractivity contribution >= 4 is 11.8 Å². The van der Waals surface area contributed by atoms with Crippen LogP contribution < -0.4 is 0 Å². The van der Waals surface area contributed by atoms with Gasteiger partial charge in [0.2, 0.25) is 0 Å². The molecule has 114 valence electrons. The van der Waals surface area contributed by atoms with Gasteiger partial charge < -0.3 is 0 Å². The van der Waals surface area contributed by atoms with Gasteiger partial charge in [0, 0.05) is 11.2 Å². The lowest BCUT2D eigenvalue weighted by Crippen LogP contribution is -2.23. The van der Waals surface area contributed by atoms with Crippen molar-refractivity contribution in [1.29, 1.82) is 0 Å². The Kier molecular flexibility index (Phi) is 3.97. The van der Waals surface area contributed by atoms with Gasteiger partial charge in [-0.2, -0.15) is 0 Å². The van der Waals surface area contributed by atoms with Crippen LogP contribution in [0, 0.1) is 0 Å². The zero-order valence-electron chi connectivity index (χ0n) is 13.2. The van der Waals surface area contributed by atoms with Gasteiger partial charge in [0.05, 0.1) is 5.25 Å². The van der Waals surface area contributed by atoms with Gasteiger partial charge in [-0.3, -0.25) is 0 Å². The summed E-state index contributed by atoms with van der Waals surface area (Å²) in [6.45, 7) is 2.37. The molecular formula is C22H20S. The molecule has 3 atom stereocenters. The van der Waals surface area contributed by atoms with E-state index >= 15 is 0 Å². The summed E-state index contributed by atoms with van der Waals surface area (Å²) < 4.78 is 0. The average molecular weight is 316 g/mol. The first-order chi connectivity index (χ1) is 11.3. The lowest BCUT2D eigenvalue weighted by atomic mass is 9.83. The molecule has 0 spiro atoms. The fourth-order valence-corrected chi connectivity index (χ4v) is 5.21. The molecule has 0 radical (unpaired) electrons. The summed E-state index contributed by atoms with van der Waals surface area (Å²) in [6.07, 6.45) is 0. The molecule has 0 amide bonds. The fourth-order valence-electron chi connectivity index (χ4n) is 3.65. The van der Waals surface area contributed by atoms with E-state index in [1.807, 2.05) is 0 Å².